The molecule has 1 heterocycles. The zero-order chi connectivity index (χ0) is 18.8. The molecule has 1 aromatic heterocycles. The zero-order valence-corrected chi connectivity index (χ0v) is 14.7. The smallest absolute Gasteiger partial charge is 0.342 e. The van der Waals surface area contributed by atoms with Crippen LogP contribution in [0.2, 0.25) is 0 Å². The molecule has 134 valence electrons. The van der Waals surface area contributed by atoms with Gasteiger partial charge in [0.05, 0.1) is 0 Å². The molecule has 5 heteroatoms. The standard InChI is InChI=1S/C22H17NO4/c1-14-19(23-21(27-14)16-8-3-2-4-9-16)13-26-22(25)18-12-11-15-7-5-6-10-17(15)20(18)24/h2-12,24H,13H2,1H3. The van der Waals surface area contributed by atoms with Gasteiger partial charge in [0.15, 0.2) is 0 Å². The first-order chi connectivity index (χ1) is 13.1. The quantitative estimate of drug-likeness (QED) is 0.527. The highest BCUT2D eigenvalue weighted by molar-refractivity contribution is 6.01. The lowest BCUT2D eigenvalue weighted by Crippen LogP contribution is -2.06. The van der Waals surface area contributed by atoms with E-state index in [4.69, 9.17) is 9.15 Å². The van der Waals surface area contributed by atoms with Crippen LogP contribution in [-0.4, -0.2) is 16.1 Å². The fourth-order valence-electron chi connectivity index (χ4n) is 2.90. The number of ether oxygens (including phenoxy) is 1. The van der Waals surface area contributed by atoms with Crippen LogP contribution in [-0.2, 0) is 11.3 Å². The number of aromatic hydroxyl groups is 1. The van der Waals surface area contributed by atoms with Gasteiger partial charge in [0.2, 0.25) is 5.89 Å². The first kappa shape index (κ1) is 16.8. The topological polar surface area (TPSA) is 72.6 Å². The number of benzene rings is 3. The van der Waals surface area contributed by atoms with E-state index in [1.807, 2.05) is 42.5 Å². The van der Waals surface area contributed by atoms with Crippen molar-refractivity contribution in [3.8, 4) is 17.2 Å². The molecule has 0 radical (unpaired) electrons. The first-order valence-electron chi connectivity index (χ1n) is 8.53. The number of carbonyl (C=O) groups is 1. The highest BCUT2D eigenvalue weighted by atomic mass is 16.5. The normalized spacial score (nSPS) is 10.9. The fraction of sp³-hybridized carbons (Fsp3) is 0.0909. The lowest BCUT2D eigenvalue weighted by molar-refractivity contribution is 0.0464. The Morgan fingerprint density at radius 2 is 1.78 bits per heavy atom. The highest BCUT2D eigenvalue weighted by Gasteiger charge is 2.17. The maximum absolute atomic E-state index is 12.4. The summed E-state index contributed by atoms with van der Waals surface area (Å²) in [5, 5.41) is 11.9. The van der Waals surface area contributed by atoms with E-state index in [9.17, 15) is 9.90 Å². The number of nitrogens with zero attached hydrogens (tertiary/aromatic N) is 1. The van der Waals surface area contributed by atoms with Gasteiger partial charge in [-0.25, -0.2) is 9.78 Å². The van der Waals surface area contributed by atoms with Crippen LogP contribution in [0.15, 0.2) is 71.1 Å². The van der Waals surface area contributed by atoms with E-state index < -0.39 is 5.97 Å². The summed E-state index contributed by atoms with van der Waals surface area (Å²) in [6.45, 7) is 1.74. The van der Waals surface area contributed by atoms with Gasteiger partial charge in [-0.15, -0.1) is 0 Å². The summed E-state index contributed by atoms with van der Waals surface area (Å²) < 4.78 is 11.0. The zero-order valence-electron chi connectivity index (χ0n) is 14.7. The van der Waals surface area contributed by atoms with Gasteiger partial charge in [0.25, 0.3) is 0 Å². The Morgan fingerprint density at radius 1 is 1.04 bits per heavy atom. The number of oxazole rings is 1. The van der Waals surface area contributed by atoms with Gasteiger partial charge in [-0.1, -0.05) is 48.5 Å². The average Bonchev–Trinajstić information content (AvgIpc) is 3.08. The van der Waals surface area contributed by atoms with Crippen LogP contribution < -0.4 is 0 Å². The minimum atomic E-state index is -0.609. The van der Waals surface area contributed by atoms with Crippen molar-refractivity contribution in [2.24, 2.45) is 0 Å². The molecule has 3 aromatic carbocycles. The molecule has 5 nitrogen and oxygen atoms in total. The summed E-state index contributed by atoms with van der Waals surface area (Å²) in [6.07, 6.45) is 0. The molecule has 0 bridgehead atoms. The van der Waals surface area contributed by atoms with Crippen LogP contribution in [0.1, 0.15) is 21.8 Å². The number of aromatic nitrogens is 1. The lowest BCUT2D eigenvalue weighted by Gasteiger charge is -2.08. The molecule has 0 aliphatic heterocycles. The van der Waals surface area contributed by atoms with E-state index in [0.29, 0.717) is 22.7 Å². The number of rotatable bonds is 4. The van der Waals surface area contributed by atoms with Gasteiger partial charge in [0.1, 0.15) is 29.4 Å². The minimum Gasteiger partial charge on any atom is -0.506 e. The molecule has 0 atom stereocenters. The largest absolute Gasteiger partial charge is 0.506 e. The van der Waals surface area contributed by atoms with Crippen LogP contribution in [0.3, 0.4) is 0 Å². The van der Waals surface area contributed by atoms with E-state index in [1.165, 1.54) is 0 Å². The number of aryl methyl sites for hydroxylation is 1. The molecule has 0 aliphatic rings. The number of carbonyl (C=O) groups excluding carboxylic acids is 1. The van der Waals surface area contributed by atoms with Crippen molar-refractivity contribution < 1.29 is 19.1 Å². The maximum Gasteiger partial charge on any atom is 0.342 e. The molecular formula is C22H17NO4. The summed E-state index contributed by atoms with van der Waals surface area (Å²) in [5.41, 5.74) is 1.52. The number of esters is 1. The second kappa shape index (κ2) is 6.96. The van der Waals surface area contributed by atoms with Crippen LogP contribution in [0.25, 0.3) is 22.2 Å². The van der Waals surface area contributed by atoms with Gasteiger partial charge >= 0.3 is 5.97 Å². The Kier molecular flexibility index (Phi) is 4.34. The summed E-state index contributed by atoms with van der Waals surface area (Å²) in [5.74, 6) is 0.374. The second-order valence-electron chi connectivity index (χ2n) is 6.15. The van der Waals surface area contributed by atoms with Gasteiger partial charge in [0, 0.05) is 10.9 Å². The average molecular weight is 359 g/mol. The predicted molar refractivity (Wildman–Crippen MR) is 101 cm³/mol. The van der Waals surface area contributed by atoms with E-state index in [1.54, 1.807) is 31.2 Å². The van der Waals surface area contributed by atoms with Crippen molar-refractivity contribution in [1.82, 2.24) is 4.98 Å². The molecule has 1 N–H and O–H groups in total. The Bertz CT molecular complexity index is 1120. The minimum absolute atomic E-state index is 0.0345. The van der Waals surface area contributed by atoms with Crippen LogP contribution >= 0.6 is 0 Å². The fourth-order valence-corrected chi connectivity index (χ4v) is 2.90. The van der Waals surface area contributed by atoms with Crippen LogP contribution in [0.5, 0.6) is 5.75 Å². The third-order valence-corrected chi connectivity index (χ3v) is 4.37. The van der Waals surface area contributed by atoms with E-state index in [0.717, 1.165) is 10.9 Å². The molecule has 4 rings (SSSR count). The van der Waals surface area contributed by atoms with Gasteiger partial charge in [-0.05, 0) is 30.5 Å². The Hall–Kier alpha value is -3.60. The number of phenolic OH excluding ortho intramolecular Hbond substituents is 1. The lowest BCUT2D eigenvalue weighted by atomic mass is 10.1. The summed E-state index contributed by atoms with van der Waals surface area (Å²) in [7, 11) is 0. The van der Waals surface area contributed by atoms with E-state index in [2.05, 4.69) is 4.98 Å². The van der Waals surface area contributed by atoms with Crippen molar-refractivity contribution in [2.45, 2.75) is 13.5 Å². The number of phenols is 1. The van der Waals surface area contributed by atoms with Crippen molar-refractivity contribution in [3.05, 3.63) is 83.7 Å². The third kappa shape index (κ3) is 3.27. The van der Waals surface area contributed by atoms with Crippen LogP contribution in [0, 0.1) is 6.92 Å². The Labute approximate surface area is 155 Å². The molecule has 0 saturated carbocycles. The Balaban J connectivity index is 1.53. The monoisotopic (exact) mass is 359 g/mol. The SMILES string of the molecule is Cc1oc(-c2ccccc2)nc1COC(=O)c1ccc2ccccc2c1O. The van der Waals surface area contributed by atoms with Gasteiger partial charge in [-0.2, -0.15) is 0 Å². The molecule has 0 amide bonds. The molecule has 0 fully saturated rings. The summed E-state index contributed by atoms with van der Waals surface area (Å²) in [6, 6.07) is 20.2. The molecule has 0 saturated heterocycles. The first-order valence-corrected chi connectivity index (χ1v) is 8.53. The van der Waals surface area contributed by atoms with Gasteiger partial charge in [-0.3, -0.25) is 0 Å². The van der Waals surface area contributed by atoms with Crippen molar-refractivity contribution >= 4 is 16.7 Å². The third-order valence-electron chi connectivity index (χ3n) is 4.37. The number of fused-ring (bicyclic) bond motifs is 1. The van der Waals surface area contributed by atoms with Crippen molar-refractivity contribution in [1.29, 1.82) is 0 Å². The van der Waals surface area contributed by atoms with Crippen molar-refractivity contribution in [2.75, 3.05) is 0 Å². The maximum atomic E-state index is 12.4. The van der Waals surface area contributed by atoms with Gasteiger partial charge < -0.3 is 14.3 Å². The second-order valence-corrected chi connectivity index (χ2v) is 6.15. The van der Waals surface area contributed by atoms with Crippen LogP contribution in [0.4, 0.5) is 0 Å². The molecule has 0 aliphatic carbocycles. The highest BCUT2D eigenvalue weighted by Crippen LogP contribution is 2.29. The number of hydrogen-bond donors (Lipinski definition) is 1. The summed E-state index contributed by atoms with van der Waals surface area (Å²) in [4.78, 5) is 16.8. The molecule has 27 heavy (non-hydrogen) atoms. The summed E-state index contributed by atoms with van der Waals surface area (Å²) >= 11 is 0. The molecule has 4 aromatic rings. The molecular weight excluding hydrogens is 342 g/mol. The molecule has 0 spiro atoms. The van der Waals surface area contributed by atoms with E-state index in [-0.39, 0.29) is 17.9 Å². The number of hydrogen-bond acceptors (Lipinski definition) is 5. The Morgan fingerprint density at radius 3 is 2.59 bits per heavy atom. The van der Waals surface area contributed by atoms with E-state index >= 15 is 0 Å². The van der Waals surface area contributed by atoms with Crippen molar-refractivity contribution in [3.63, 3.8) is 0 Å². The predicted octanol–water partition coefficient (Wildman–Crippen LogP) is 4.87. The molecule has 0 unspecified atom stereocenters.